The van der Waals surface area contributed by atoms with E-state index in [-0.39, 0.29) is 6.10 Å². The molecule has 0 radical (unpaired) electrons. The van der Waals surface area contributed by atoms with Crippen molar-refractivity contribution < 1.29 is 9.47 Å². The molecule has 106 valence electrons. The Morgan fingerprint density at radius 3 is 2.75 bits per heavy atom. The number of hydrogen-bond donors (Lipinski definition) is 1. The van der Waals surface area contributed by atoms with Crippen LogP contribution in [0.1, 0.15) is 19.4 Å². The van der Waals surface area contributed by atoms with E-state index in [2.05, 4.69) is 4.98 Å². The summed E-state index contributed by atoms with van der Waals surface area (Å²) >= 11 is 5.09. The zero-order valence-corrected chi connectivity index (χ0v) is 12.4. The number of fused-ring (bicyclic) bond motifs is 1. The lowest BCUT2D eigenvalue weighted by Gasteiger charge is -2.11. The van der Waals surface area contributed by atoms with E-state index < -0.39 is 0 Å². The Balaban J connectivity index is 2.20. The lowest BCUT2D eigenvalue weighted by Crippen LogP contribution is -2.13. The van der Waals surface area contributed by atoms with Gasteiger partial charge in [0.15, 0.2) is 0 Å². The van der Waals surface area contributed by atoms with Crippen LogP contribution < -0.4 is 10.5 Å². The molecular formula is C15H18N2O2S. The first-order valence-electron chi connectivity index (χ1n) is 6.52. The summed E-state index contributed by atoms with van der Waals surface area (Å²) in [5.41, 5.74) is 7.37. The van der Waals surface area contributed by atoms with Crippen molar-refractivity contribution in [3.8, 4) is 5.88 Å². The molecule has 1 aromatic heterocycles. The zero-order valence-electron chi connectivity index (χ0n) is 11.6. The molecule has 0 atom stereocenters. The van der Waals surface area contributed by atoms with E-state index >= 15 is 0 Å². The van der Waals surface area contributed by atoms with Crippen molar-refractivity contribution in [2.75, 3.05) is 13.2 Å². The maximum atomic E-state index is 5.77. The number of pyridine rings is 1. The highest BCUT2D eigenvalue weighted by Crippen LogP contribution is 2.21. The van der Waals surface area contributed by atoms with Crippen LogP contribution in [-0.4, -0.2) is 29.3 Å². The minimum Gasteiger partial charge on any atom is -0.475 e. The monoisotopic (exact) mass is 290 g/mol. The summed E-state index contributed by atoms with van der Waals surface area (Å²) < 4.78 is 11.0. The van der Waals surface area contributed by atoms with Crippen molar-refractivity contribution in [1.29, 1.82) is 0 Å². The molecule has 1 heterocycles. The summed E-state index contributed by atoms with van der Waals surface area (Å²) in [5.74, 6) is 0.513. The van der Waals surface area contributed by atoms with E-state index in [9.17, 15) is 0 Å². The third-order valence-corrected chi connectivity index (χ3v) is 2.96. The van der Waals surface area contributed by atoms with Gasteiger partial charge >= 0.3 is 0 Å². The average molecular weight is 290 g/mol. The summed E-state index contributed by atoms with van der Waals surface area (Å²) in [6, 6.07) is 9.49. The fraction of sp³-hybridized carbons (Fsp3) is 0.333. The summed E-state index contributed by atoms with van der Waals surface area (Å²) in [5, 5.41) is 0.936. The molecule has 4 nitrogen and oxygen atoms in total. The maximum Gasteiger partial charge on any atom is 0.214 e. The number of benzene rings is 1. The van der Waals surface area contributed by atoms with Crippen LogP contribution in [0.3, 0.4) is 0 Å². The SMILES string of the molecule is CC(C)OCCOc1cc(C(N)=S)c2ccccc2n1. The lowest BCUT2D eigenvalue weighted by atomic mass is 10.1. The minimum atomic E-state index is 0.190. The van der Waals surface area contributed by atoms with Crippen LogP contribution in [0.2, 0.25) is 0 Å². The molecule has 2 aromatic rings. The van der Waals surface area contributed by atoms with Gasteiger partial charge in [0.25, 0.3) is 0 Å². The molecule has 2 rings (SSSR count). The summed E-state index contributed by atoms with van der Waals surface area (Å²) in [4.78, 5) is 4.78. The Morgan fingerprint density at radius 1 is 1.30 bits per heavy atom. The van der Waals surface area contributed by atoms with Gasteiger partial charge in [-0.3, -0.25) is 0 Å². The molecular weight excluding hydrogens is 272 g/mol. The second-order valence-corrected chi connectivity index (χ2v) is 5.10. The smallest absolute Gasteiger partial charge is 0.214 e. The fourth-order valence-corrected chi connectivity index (χ4v) is 2.03. The van der Waals surface area contributed by atoms with E-state index in [0.717, 1.165) is 16.5 Å². The molecule has 0 fully saturated rings. The number of ether oxygens (including phenoxy) is 2. The molecule has 0 spiro atoms. The van der Waals surface area contributed by atoms with Gasteiger partial charge in [-0.25, -0.2) is 4.98 Å². The van der Waals surface area contributed by atoms with Gasteiger partial charge in [0.1, 0.15) is 11.6 Å². The van der Waals surface area contributed by atoms with Gasteiger partial charge in [-0.15, -0.1) is 0 Å². The van der Waals surface area contributed by atoms with E-state index in [0.29, 0.717) is 24.1 Å². The number of nitrogens with two attached hydrogens (primary N) is 1. The van der Waals surface area contributed by atoms with Crippen molar-refractivity contribution in [2.45, 2.75) is 20.0 Å². The number of aromatic nitrogens is 1. The van der Waals surface area contributed by atoms with Gasteiger partial charge in [-0.05, 0) is 19.9 Å². The largest absolute Gasteiger partial charge is 0.475 e. The quantitative estimate of drug-likeness (QED) is 0.655. The predicted molar refractivity (Wildman–Crippen MR) is 84.2 cm³/mol. The number of para-hydroxylation sites is 1. The molecule has 0 bridgehead atoms. The van der Waals surface area contributed by atoms with Gasteiger partial charge in [0.05, 0.1) is 18.2 Å². The molecule has 0 aliphatic rings. The van der Waals surface area contributed by atoms with Crippen LogP contribution in [0.25, 0.3) is 10.9 Å². The molecule has 1 aromatic carbocycles. The minimum absolute atomic E-state index is 0.190. The van der Waals surface area contributed by atoms with E-state index in [1.54, 1.807) is 6.07 Å². The normalized spacial score (nSPS) is 10.9. The molecule has 0 saturated carbocycles. The Hall–Kier alpha value is -1.72. The number of thiocarbonyl (C=S) groups is 1. The third kappa shape index (κ3) is 3.65. The molecule has 0 aliphatic heterocycles. The van der Waals surface area contributed by atoms with Crippen molar-refractivity contribution in [3.63, 3.8) is 0 Å². The second kappa shape index (κ2) is 6.63. The Labute approximate surface area is 123 Å². The van der Waals surface area contributed by atoms with Crippen molar-refractivity contribution in [1.82, 2.24) is 4.98 Å². The second-order valence-electron chi connectivity index (χ2n) is 4.66. The van der Waals surface area contributed by atoms with Crippen LogP contribution in [0.4, 0.5) is 0 Å². The zero-order chi connectivity index (χ0) is 14.5. The van der Waals surface area contributed by atoms with Crippen LogP contribution in [0.5, 0.6) is 5.88 Å². The van der Waals surface area contributed by atoms with Gasteiger partial charge in [0, 0.05) is 17.0 Å². The van der Waals surface area contributed by atoms with Crippen LogP contribution in [0, 0.1) is 0 Å². The highest BCUT2D eigenvalue weighted by Gasteiger charge is 2.08. The first kappa shape index (κ1) is 14.7. The van der Waals surface area contributed by atoms with Crippen LogP contribution in [-0.2, 0) is 4.74 Å². The van der Waals surface area contributed by atoms with Gasteiger partial charge in [0.2, 0.25) is 5.88 Å². The molecule has 5 heteroatoms. The average Bonchev–Trinajstić information content (AvgIpc) is 2.42. The lowest BCUT2D eigenvalue weighted by molar-refractivity contribution is 0.0543. The van der Waals surface area contributed by atoms with E-state index in [4.69, 9.17) is 27.4 Å². The molecule has 0 unspecified atom stereocenters. The van der Waals surface area contributed by atoms with Gasteiger partial charge in [-0.2, -0.15) is 0 Å². The molecule has 0 saturated heterocycles. The standard InChI is InChI=1S/C15H18N2O2S/c1-10(2)18-7-8-19-14-9-12(15(16)20)11-5-3-4-6-13(11)17-14/h3-6,9-10H,7-8H2,1-2H3,(H2,16,20). The summed E-state index contributed by atoms with van der Waals surface area (Å²) in [6.07, 6.45) is 0.190. The van der Waals surface area contributed by atoms with Crippen molar-refractivity contribution in [3.05, 3.63) is 35.9 Å². The summed E-state index contributed by atoms with van der Waals surface area (Å²) in [7, 11) is 0. The van der Waals surface area contributed by atoms with Crippen molar-refractivity contribution in [2.24, 2.45) is 5.73 Å². The molecule has 0 aliphatic carbocycles. The number of nitrogens with zero attached hydrogens (tertiary/aromatic N) is 1. The van der Waals surface area contributed by atoms with Crippen molar-refractivity contribution >= 4 is 28.1 Å². The Bertz CT molecular complexity index is 614. The highest BCUT2D eigenvalue weighted by molar-refractivity contribution is 7.80. The highest BCUT2D eigenvalue weighted by atomic mass is 32.1. The first-order valence-corrected chi connectivity index (χ1v) is 6.92. The molecule has 2 N–H and O–H groups in total. The first-order chi connectivity index (χ1) is 9.58. The molecule has 20 heavy (non-hydrogen) atoms. The maximum absolute atomic E-state index is 5.77. The third-order valence-electron chi connectivity index (χ3n) is 2.74. The van der Waals surface area contributed by atoms with E-state index in [1.807, 2.05) is 38.1 Å². The predicted octanol–water partition coefficient (Wildman–Crippen LogP) is 2.67. The fourth-order valence-electron chi connectivity index (χ4n) is 1.86. The van der Waals surface area contributed by atoms with Gasteiger partial charge < -0.3 is 15.2 Å². The van der Waals surface area contributed by atoms with Gasteiger partial charge in [-0.1, -0.05) is 30.4 Å². The summed E-state index contributed by atoms with van der Waals surface area (Å²) in [6.45, 7) is 4.94. The van der Waals surface area contributed by atoms with Crippen LogP contribution >= 0.6 is 12.2 Å². The Kier molecular flexibility index (Phi) is 4.87. The number of rotatable bonds is 6. The molecule has 0 amide bonds. The topological polar surface area (TPSA) is 57.4 Å². The van der Waals surface area contributed by atoms with E-state index in [1.165, 1.54) is 0 Å². The van der Waals surface area contributed by atoms with Crippen LogP contribution in [0.15, 0.2) is 30.3 Å². The Morgan fingerprint density at radius 2 is 2.05 bits per heavy atom. The number of hydrogen-bond acceptors (Lipinski definition) is 4.